The normalized spacial score (nSPS) is 3.25. The van der Waals surface area contributed by atoms with Crippen LogP contribution < -0.4 is 0 Å². The minimum absolute atomic E-state index is 0. The summed E-state index contributed by atoms with van der Waals surface area (Å²) in [4.78, 5) is 8.81. The minimum atomic E-state index is 0. The Bertz CT molecular complexity index is 13.5. The van der Waals surface area contributed by atoms with Crippen LogP contribution in [0, 0.1) is 36.9 Å². The molecule has 4 heavy (non-hydrogen) atoms. The molecule has 0 amide bonds. The topological polar surface area (TPSA) is 17.1 Å². The maximum Gasteiger partial charge on any atom is 0.116 e. The molecule has 0 fully saturated rings. The molecule has 0 saturated heterocycles. The Hall–Kier alpha value is 0.904. The predicted octanol–water partition coefficient (Wildman–Crippen LogP) is 0.205. The molecule has 0 atom stereocenters. The molecule has 0 aliphatic carbocycles. The maximum absolute atomic E-state index is 8.81. The molecule has 0 aromatic heterocycles. The van der Waals surface area contributed by atoms with Crippen LogP contribution in [0.2, 0.25) is 0 Å². The molecule has 0 aromatic rings. The van der Waals surface area contributed by atoms with E-state index in [0.717, 1.165) is 6.29 Å². The van der Waals surface area contributed by atoms with Gasteiger partial charge in [0.05, 0.1) is 0 Å². The monoisotopic (exact) mass is 219 g/mol. The number of carbonyl (C=O) groups is 1. The van der Waals surface area contributed by atoms with Gasteiger partial charge in [0.2, 0.25) is 0 Å². The largest absolute Gasteiger partial charge is 0.304 e. The summed E-state index contributed by atoms with van der Waals surface area (Å²) >= 11 is 0. The van der Waals surface area contributed by atoms with Crippen molar-refractivity contribution in [3.63, 3.8) is 0 Å². The van der Waals surface area contributed by atoms with Crippen molar-refractivity contribution in [3.8, 4) is 0 Å². The molecule has 1 radical (unpaired) electrons. The van der Waals surface area contributed by atoms with E-state index in [4.69, 9.17) is 4.79 Å². The van der Waals surface area contributed by atoms with Gasteiger partial charge in [0.1, 0.15) is 6.29 Å². The van der Waals surface area contributed by atoms with Gasteiger partial charge in [-0.3, -0.25) is 0 Å². The molecule has 0 saturated carbocycles. The van der Waals surface area contributed by atoms with Crippen LogP contribution in [0.25, 0.3) is 0 Å². The third-order valence-corrected chi connectivity index (χ3v) is 0. The number of hydrogen-bond donors (Lipinski definition) is 0. The van der Waals surface area contributed by atoms with Gasteiger partial charge >= 0.3 is 0 Å². The summed E-state index contributed by atoms with van der Waals surface area (Å²) in [6.45, 7) is 1.44. The van der Waals surface area contributed by atoms with Gasteiger partial charge in [-0.15, -0.1) is 0 Å². The van der Waals surface area contributed by atoms with E-state index < -0.39 is 0 Å². The average Bonchev–Trinajstić information content (AvgIpc) is 0.918. The Morgan fingerprint density at radius 3 is 1.75 bits per heavy atom. The molecule has 33 valence electrons. The third-order valence-electron chi connectivity index (χ3n) is 0. The number of hydrogen-bond acceptors (Lipinski definition) is 1. The fourth-order valence-electron chi connectivity index (χ4n) is 0. The van der Waals surface area contributed by atoms with Crippen LogP contribution >= 0.6 is 0 Å². The molecule has 0 unspecified atom stereocenters. The van der Waals surface area contributed by atoms with Crippen molar-refractivity contribution in [2.45, 2.75) is 6.92 Å². The van der Waals surface area contributed by atoms with Gasteiger partial charge in [-0.05, 0) is 6.92 Å². The molecule has 0 heterocycles. The molecule has 0 N–H and O–H groups in total. The first-order chi connectivity index (χ1) is 1.41. The summed E-state index contributed by atoms with van der Waals surface area (Å²) in [5.41, 5.74) is 0. The minimum Gasteiger partial charge on any atom is -0.304 e. The van der Waals surface area contributed by atoms with Gasteiger partial charge in [0.15, 0.2) is 0 Å². The molecule has 1 nitrogen and oxygen atoms in total. The van der Waals surface area contributed by atoms with Crippen molar-refractivity contribution >= 4 is 6.29 Å². The summed E-state index contributed by atoms with van der Waals surface area (Å²) in [6.07, 6.45) is 0.750. The van der Waals surface area contributed by atoms with E-state index in [0.29, 0.717) is 0 Å². The van der Waals surface area contributed by atoms with E-state index in [9.17, 15) is 0 Å². The van der Waals surface area contributed by atoms with Gasteiger partial charge in [0, 0.05) is 36.9 Å². The third kappa shape index (κ3) is 12.9. The quantitative estimate of drug-likeness (QED) is 0.532. The SMILES string of the molecule is CC=O.[Lu]. The van der Waals surface area contributed by atoms with Crippen molar-refractivity contribution in [1.29, 1.82) is 0 Å². The second-order valence-electron chi connectivity index (χ2n) is 0.236. The summed E-state index contributed by atoms with van der Waals surface area (Å²) < 4.78 is 0. The maximum atomic E-state index is 8.81. The van der Waals surface area contributed by atoms with Crippen molar-refractivity contribution in [2.24, 2.45) is 0 Å². The van der Waals surface area contributed by atoms with Gasteiger partial charge in [-0.25, -0.2) is 0 Å². The Labute approximate surface area is 54.6 Å². The molecular formula is C2H4LuO. The average molecular weight is 219 g/mol. The Morgan fingerprint density at radius 1 is 1.75 bits per heavy atom. The van der Waals surface area contributed by atoms with Crippen molar-refractivity contribution < 1.29 is 41.7 Å². The summed E-state index contributed by atoms with van der Waals surface area (Å²) in [6, 6.07) is 0. The van der Waals surface area contributed by atoms with E-state index >= 15 is 0 Å². The summed E-state index contributed by atoms with van der Waals surface area (Å²) in [5, 5.41) is 0. The Morgan fingerprint density at radius 2 is 1.75 bits per heavy atom. The second kappa shape index (κ2) is 9.08. The number of rotatable bonds is 0. The fourth-order valence-corrected chi connectivity index (χ4v) is 0. The standard InChI is InChI=1S/C2H4O.Lu/c1-2-3;/h2H,1H3;. The number of carbonyl (C=O) groups excluding carboxylic acids is 1. The van der Waals surface area contributed by atoms with E-state index in [2.05, 4.69) is 0 Å². The Balaban J connectivity index is 0. The second-order valence-corrected chi connectivity index (χ2v) is 0.236. The smallest absolute Gasteiger partial charge is 0.116 e. The fraction of sp³-hybridized carbons (Fsp3) is 0.500. The molecule has 2 heteroatoms. The first kappa shape index (κ1) is 8.86. The molecular weight excluding hydrogens is 215 g/mol. The van der Waals surface area contributed by atoms with Crippen molar-refractivity contribution in [1.82, 2.24) is 0 Å². The molecule has 0 rings (SSSR count). The van der Waals surface area contributed by atoms with Crippen LogP contribution in [0.1, 0.15) is 6.92 Å². The van der Waals surface area contributed by atoms with E-state index in [1.54, 1.807) is 0 Å². The van der Waals surface area contributed by atoms with Crippen molar-refractivity contribution in [3.05, 3.63) is 0 Å². The zero-order valence-corrected chi connectivity index (χ0v) is 3.90. The van der Waals surface area contributed by atoms with Gasteiger partial charge in [-0.1, -0.05) is 0 Å². The van der Waals surface area contributed by atoms with Crippen LogP contribution in [-0.2, 0) is 4.79 Å². The van der Waals surface area contributed by atoms with Crippen LogP contribution in [0.4, 0.5) is 0 Å². The van der Waals surface area contributed by atoms with Gasteiger partial charge in [0.25, 0.3) is 0 Å². The first-order valence-corrected chi connectivity index (χ1v) is 0.813. The predicted molar refractivity (Wildman–Crippen MR) is 11.7 cm³/mol. The van der Waals surface area contributed by atoms with Crippen LogP contribution in [0.15, 0.2) is 0 Å². The molecule has 0 aliphatic heterocycles. The summed E-state index contributed by atoms with van der Waals surface area (Å²) in [7, 11) is 0. The summed E-state index contributed by atoms with van der Waals surface area (Å²) in [5.74, 6) is 0. The van der Waals surface area contributed by atoms with Gasteiger partial charge < -0.3 is 4.79 Å². The van der Waals surface area contributed by atoms with E-state index in [-0.39, 0.29) is 36.9 Å². The number of aldehydes is 1. The molecule has 0 aliphatic rings. The zero-order chi connectivity index (χ0) is 2.71. The molecule has 0 aromatic carbocycles. The first-order valence-electron chi connectivity index (χ1n) is 0.813. The Kier molecular flexibility index (Phi) is 20.1. The van der Waals surface area contributed by atoms with Crippen LogP contribution in [0.3, 0.4) is 0 Å². The molecule has 0 bridgehead atoms. The van der Waals surface area contributed by atoms with Crippen LogP contribution in [-0.4, -0.2) is 6.29 Å². The van der Waals surface area contributed by atoms with Gasteiger partial charge in [-0.2, -0.15) is 0 Å². The zero-order valence-electron chi connectivity index (χ0n) is 2.24. The van der Waals surface area contributed by atoms with Crippen molar-refractivity contribution in [2.75, 3.05) is 0 Å². The molecule has 0 spiro atoms. The van der Waals surface area contributed by atoms with E-state index in [1.165, 1.54) is 6.92 Å². The van der Waals surface area contributed by atoms with E-state index in [1.807, 2.05) is 0 Å². The van der Waals surface area contributed by atoms with Crippen LogP contribution in [0.5, 0.6) is 0 Å².